The average Bonchev–Trinajstić information content (AvgIpc) is 2.73. The van der Waals surface area contributed by atoms with Crippen LogP contribution in [0.3, 0.4) is 0 Å². The monoisotopic (exact) mass is 268 g/mol. The molecule has 2 heterocycles. The summed E-state index contributed by atoms with van der Waals surface area (Å²) in [6.07, 6.45) is 1.34. The molecule has 2 rings (SSSR count). The second-order valence-electron chi connectivity index (χ2n) is 3.56. The van der Waals surface area contributed by atoms with Crippen molar-refractivity contribution in [2.75, 3.05) is 5.32 Å². The van der Waals surface area contributed by atoms with Gasteiger partial charge in [-0.3, -0.25) is 10.1 Å². The first-order chi connectivity index (χ1) is 8.56. The number of nitrogens with zero attached hydrogens (tertiary/aromatic N) is 3. The van der Waals surface area contributed by atoms with E-state index in [-0.39, 0.29) is 23.1 Å². The van der Waals surface area contributed by atoms with Gasteiger partial charge >= 0.3 is 5.69 Å². The maximum Gasteiger partial charge on any atom is 0.312 e. The van der Waals surface area contributed by atoms with Crippen molar-refractivity contribution < 1.29 is 9.45 Å². The van der Waals surface area contributed by atoms with Gasteiger partial charge in [0.05, 0.1) is 16.5 Å². The zero-order valence-electron chi connectivity index (χ0n) is 9.38. The van der Waals surface area contributed by atoms with E-state index in [0.717, 1.165) is 0 Å². The van der Waals surface area contributed by atoms with Gasteiger partial charge < -0.3 is 9.84 Å². The van der Waals surface area contributed by atoms with Gasteiger partial charge in [0.15, 0.2) is 0 Å². The molecule has 0 unspecified atom stereocenters. The van der Waals surface area contributed by atoms with E-state index in [2.05, 4.69) is 15.5 Å². The Kier molecular flexibility index (Phi) is 3.42. The van der Waals surface area contributed by atoms with Crippen molar-refractivity contribution in [1.29, 1.82) is 0 Å². The lowest BCUT2D eigenvalue weighted by Gasteiger charge is -2.03. The number of nitrogens with one attached hydrogen (secondary N) is 1. The molecule has 2 aromatic rings. The normalized spacial score (nSPS) is 10.3. The standard InChI is InChI=1S/C10H9ClN4O3/c1-6-2-8(14-18-6)5-13-10-9(15(16)17)3-7(11)4-12-10/h2-4H,5H2,1H3,(H,12,13). The van der Waals surface area contributed by atoms with E-state index in [1.54, 1.807) is 13.0 Å². The highest BCUT2D eigenvalue weighted by molar-refractivity contribution is 6.30. The molecule has 0 saturated heterocycles. The van der Waals surface area contributed by atoms with Crippen molar-refractivity contribution in [2.45, 2.75) is 13.5 Å². The van der Waals surface area contributed by atoms with Gasteiger partial charge in [-0.25, -0.2) is 4.98 Å². The average molecular weight is 269 g/mol. The molecule has 0 aliphatic carbocycles. The number of aromatic nitrogens is 2. The van der Waals surface area contributed by atoms with Gasteiger partial charge in [0.1, 0.15) is 11.5 Å². The van der Waals surface area contributed by atoms with Crippen molar-refractivity contribution >= 4 is 23.1 Å². The third kappa shape index (κ3) is 2.75. The predicted molar refractivity (Wildman–Crippen MR) is 64.5 cm³/mol. The summed E-state index contributed by atoms with van der Waals surface area (Å²) in [4.78, 5) is 14.2. The quantitative estimate of drug-likeness (QED) is 0.676. The van der Waals surface area contributed by atoms with E-state index in [1.807, 2.05) is 0 Å². The minimum absolute atomic E-state index is 0.144. The molecule has 0 amide bonds. The van der Waals surface area contributed by atoms with Crippen LogP contribution in [0.25, 0.3) is 0 Å². The molecule has 0 aliphatic rings. The maximum absolute atomic E-state index is 10.8. The van der Waals surface area contributed by atoms with E-state index >= 15 is 0 Å². The summed E-state index contributed by atoms with van der Waals surface area (Å²) < 4.78 is 4.88. The van der Waals surface area contributed by atoms with Crippen LogP contribution in [0.2, 0.25) is 5.02 Å². The van der Waals surface area contributed by atoms with Crippen LogP contribution < -0.4 is 5.32 Å². The summed E-state index contributed by atoms with van der Waals surface area (Å²) in [6, 6.07) is 2.97. The molecule has 0 bridgehead atoms. The van der Waals surface area contributed by atoms with Crippen LogP contribution in [-0.4, -0.2) is 15.1 Å². The van der Waals surface area contributed by atoms with Gasteiger partial charge in [-0.05, 0) is 6.92 Å². The Bertz CT molecular complexity index is 584. The molecule has 0 spiro atoms. The smallest absolute Gasteiger partial charge is 0.312 e. The first kappa shape index (κ1) is 12.3. The summed E-state index contributed by atoms with van der Waals surface area (Å²) in [7, 11) is 0. The number of hydrogen-bond donors (Lipinski definition) is 1. The Labute approximate surface area is 107 Å². The lowest BCUT2D eigenvalue weighted by molar-refractivity contribution is -0.384. The fourth-order valence-corrected chi connectivity index (χ4v) is 1.53. The molecule has 94 valence electrons. The molecule has 7 nitrogen and oxygen atoms in total. The number of halogens is 1. The first-order valence-electron chi connectivity index (χ1n) is 5.02. The summed E-state index contributed by atoms with van der Waals surface area (Å²) in [6.45, 7) is 2.05. The first-order valence-corrected chi connectivity index (χ1v) is 5.40. The topological polar surface area (TPSA) is 94.1 Å². The van der Waals surface area contributed by atoms with Gasteiger partial charge in [0.2, 0.25) is 5.82 Å². The van der Waals surface area contributed by atoms with Crippen LogP contribution in [0.1, 0.15) is 11.5 Å². The SMILES string of the molecule is Cc1cc(CNc2ncc(Cl)cc2[N+](=O)[O-])no1. The second-order valence-corrected chi connectivity index (χ2v) is 4.00. The van der Waals surface area contributed by atoms with Crippen LogP contribution in [0.4, 0.5) is 11.5 Å². The summed E-state index contributed by atoms with van der Waals surface area (Å²) in [5, 5.41) is 17.6. The van der Waals surface area contributed by atoms with Crippen molar-refractivity contribution in [3.8, 4) is 0 Å². The number of anilines is 1. The van der Waals surface area contributed by atoms with Crippen molar-refractivity contribution in [3.63, 3.8) is 0 Å². The van der Waals surface area contributed by atoms with Gasteiger partial charge in [0, 0.05) is 18.3 Å². The van der Waals surface area contributed by atoms with Gasteiger partial charge in [-0.1, -0.05) is 16.8 Å². The van der Waals surface area contributed by atoms with Crippen molar-refractivity contribution in [3.05, 3.63) is 44.9 Å². The molecule has 2 aromatic heterocycles. The summed E-state index contributed by atoms with van der Waals surface area (Å²) in [5.41, 5.74) is 0.460. The molecule has 0 atom stereocenters. The molecule has 8 heteroatoms. The summed E-state index contributed by atoms with van der Waals surface area (Å²) >= 11 is 5.66. The minimum Gasteiger partial charge on any atom is -0.361 e. The fourth-order valence-electron chi connectivity index (χ4n) is 1.38. The highest BCUT2D eigenvalue weighted by Gasteiger charge is 2.16. The Morgan fingerprint density at radius 2 is 2.33 bits per heavy atom. The predicted octanol–water partition coefficient (Wildman–Crippen LogP) is 2.55. The number of hydrogen-bond acceptors (Lipinski definition) is 6. The maximum atomic E-state index is 10.8. The van der Waals surface area contributed by atoms with Crippen LogP contribution in [0, 0.1) is 17.0 Å². The van der Waals surface area contributed by atoms with E-state index < -0.39 is 4.92 Å². The zero-order chi connectivity index (χ0) is 13.1. The van der Waals surface area contributed by atoms with E-state index in [4.69, 9.17) is 16.1 Å². The molecule has 0 aromatic carbocycles. The Morgan fingerprint density at radius 3 is 2.94 bits per heavy atom. The molecule has 1 N–H and O–H groups in total. The van der Waals surface area contributed by atoms with Crippen LogP contribution in [0.15, 0.2) is 22.9 Å². The van der Waals surface area contributed by atoms with Crippen LogP contribution in [0.5, 0.6) is 0 Å². The number of rotatable bonds is 4. The van der Waals surface area contributed by atoms with Gasteiger partial charge in [0.25, 0.3) is 0 Å². The highest BCUT2D eigenvalue weighted by atomic mass is 35.5. The fraction of sp³-hybridized carbons (Fsp3) is 0.200. The largest absolute Gasteiger partial charge is 0.361 e. The minimum atomic E-state index is -0.546. The van der Waals surface area contributed by atoms with E-state index in [1.165, 1.54) is 12.3 Å². The molecule has 0 saturated carbocycles. The van der Waals surface area contributed by atoms with Crippen LogP contribution in [-0.2, 0) is 6.54 Å². The van der Waals surface area contributed by atoms with E-state index in [9.17, 15) is 10.1 Å². The van der Waals surface area contributed by atoms with Crippen molar-refractivity contribution in [1.82, 2.24) is 10.1 Å². The zero-order valence-corrected chi connectivity index (χ0v) is 10.1. The van der Waals surface area contributed by atoms with E-state index in [0.29, 0.717) is 11.5 Å². The molecular formula is C10H9ClN4O3. The lowest BCUT2D eigenvalue weighted by atomic mass is 10.3. The number of pyridine rings is 1. The third-order valence-corrected chi connectivity index (χ3v) is 2.35. The number of nitro groups is 1. The van der Waals surface area contributed by atoms with Gasteiger partial charge in [-0.2, -0.15) is 0 Å². The lowest BCUT2D eigenvalue weighted by Crippen LogP contribution is -2.04. The summed E-state index contributed by atoms with van der Waals surface area (Å²) in [5.74, 6) is 0.815. The Morgan fingerprint density at radius 1 is 1.56 bits per heavy atom. The molecular weight excluding hydrogens is 260 g/mol. The third-order valence-electron chi connectivity index (χ3n) is 2.14. The number of aryl methyl sites for hydroxylation is 1. The van der Waals surface area contributed by atoms with Crippen LogP contribution >= 0.6 is 11.6 Å². The molecule has 0 radical (unpaired) electrons. The Balaban J connectivity index is 2.16. The highest BCUT2D eigenvalue weighted by Crippen LogP contribution is 2.25. The van der Waals surface area contributed by atoms with Gasteiger partial charge in [-0.15, -0.1) is 0 Å². The Hall–Kier alpha value is -2.15. The molecule has 0 fully saturated rings. The van der Waals surface area contributed by atoms with Crippen molar-refractivity contribution in [2.24, 2.45) is 0 Å². The molecule has 0 aliphatic heterocycles. The molecule has 18 heavy (non-hydrogen) atoms. The second kappa shape index (κ2) is 5.01.